The predicted octanol–water partition coefficient (Wildman–Crippen LogP) is 1.82. The number of hydrogen-bond acceptors (Lipinski definition) is 2. The summed E-state index contributed by atoms with van der Waals surface area (Å²) < 4.78 is 3.26. The molecule has 0 fully saturated rings. The highest BCUT2D eigenvalue weighted by atomic mass is 32.1. The Bertz CT molecular complexity index is 358. The molecule has 52 valence electrons. The molecule has 0 unspecified atom stereocenters. The predicted molar refractivity (Wildman–Crippen MR) is 45.2 cm³/mol. The van der Waals surface area contributed by atoms with Gasteiger partial charge in [-0.1, -0.05) is 0 Å². The molecule has 2 nitrogen and oxygen atoms in total. The maximum atomic E-state index is 5.67. The lowest BCUT2D eigenvalue weighted by molar-refractivity contribution is 0.984. The van der Waals surface area contributed by atoms with Crippen molar-refractivity contribution in [1.82, 2.24) is 4.57 Å². The third-order valence-electron chi connectivity index (χ3n) is 1.70. The van der Waals surface area contributed by atoms with E-state index in [9.17, 15) is 0 Å². The molecule has 0 spiro atoms. The summed E-state index contributed by atoms with van der Waals surface area (Å²) in [5.41, 5.74) is 6.89. The van der Waals surface area contributed by atoms with Crippen molar-refractivity contribution in [2.45, 2.75) is 0 Å². The number of nitrogen functional groups attached to an aromatic ring is 1. The number of anilines is 1. The van der Waals surface area contributed by atoms with Crippen molar-refractivity contribution in [1.29, 1.82) is 0 Å². The molecule has 0 aliphatic heterocycles. The van der Waals surface area contributed by atoms with Crippen LogP contribution in [0.25, 0.3) is 10.2 Å². The van der Waals surface area contributed by atoms with Gasteiger partial charge in [0, 0.05) is 7.05 Å². The summed E-state index contributed by atoms with van der Waals surface area (Å²) in [4.78, 5) is 0. The van der Waals surface area contributed by atoms with Crippen molar-refractivity contribution in [3.63, 3.8) is 0 Å². The minimum atomic E-state index is 0.835. The first-order valence-electron chi connectivity index (χ1n) is 3.07. The quantitative estimate of drug-likeness (QED) is 0.613. The van der Waals surface area contributed by atoms with Crippen LogP contribution in [0.4, 0.5) is 5.82 Å². The van der Waals surface area contributed by atoms with Crippen LogP contribution < -0.4 is 5.73 Å². The van der Waals surface area contributed by atoms with Crippen LogP contribution in [0.1, 0.15) is 0 Å². The van der Waals surface area contributed by atoms with Gasteiger partial charge in [-0.2, -0.15) is 0 Å². The molecule has 3 heteroatoms. The Balaban J connectivity index is 2.95. The summed E-state index contributed by atoms with van der Waals surface area (Å²) in [6.07, 6.45) is 0. The van der Waals surface area contributed by atoms with E-state index in [4.69, 9.17) is 5.73 Å². The van der Waals surface area contributed by atoms with Gasteiger partial charge in [0.25, 0.3) is 0 Å². The van der Waals surface area contributed by atoms with Crippen molar-refractivity contribution in [3.05, 3.63) is 17.5 Å². The van der Waals surface area contributed by atoms with Crippen molar-refractivity contribution in [2.24, 2.45) is 7.05 Å². The van der Waals surface area contributed by atoms with Gasteiger partial charge >= 0.3 is 0 Å². The highest BCUT2D eigenvalue weighted by Gasteiger charge is 2.01. The van der Waals surface area contributed by atoms with E-state index in [1.165, 1.54) is 10.2 Å². The maximum Gasteiger partial charge on any atom is 0.104 e. The zero-order valence-corrected chi connectivity index (χ0v) is 6.48. The lowest BCUT2D eigenvalue weighted by Crippen LogP contribution is -1.93. The average molecular weight is 152 g/mol. The molecule has 10 heavy (non-hydrogen) atoms. The lowest BCUT2D eigenvalue weighted by Gasteiger charge is -1.93. The molecule has 2 aromatic heterocycles. The number of hydrogen-bond donors (Lipinski definition) is 1. The maximum absolute atomic E-state index is 5.67. The van der Waals surface area contributed by atoms with Gasteiger partial charge in [0.15, 0.2) is 0 Å². The molecule has 0 saturated heterocycles. The summed E-state index contributed by atoms with van der Waals surface area (Å²) in [5, 5.41) is 2.07. The monoisotopic (exact) mass is 152 g/mol. The van der Waals surface area contributed by atoms with Crippen LogP contribution in [0.2, 0.25) is 0 Å². The molecule has 0 atom stereocenters. The molecule has 0 saturated carbocycles. The Kier molecular flexibility index (Phi) is 1.02. The molecule has 0 amide bonds. The first kappa shape index (κ1) is 5.80. The van der Waals surface area contributed by atoms with Gasteiger partial charge in [-0.25, -0.2) is 0 Å². The first-order chi connectivity index (χ1) is 4.79. The molecule has 0 aliphatic rings. The van der Waals surface area contributed by atoms with E-state index >= 15 is 0 Å². The highest BCUT2D eigenvalue weighted by molar-refractivity contribution is 7.17. The summed E-state index contributed by atoms with van der Waals surface area (Å²) in [6.45, 7) is 0. The van der Waals surface area contributed by atoms with Crippen LogP contribution in [0.3, 0.4) is 0 Å². The van der Waals surface area contributed by atoms with Gasteiger partial charge in [0.2, 0.25) is 0 Å². The topological polar surface area (TPSA) is 30.9 Å². The number of rotatable bonds is 0. The van der Waals surface area contributed by atoms with E-state index in [0.29, 0.717) is 0 Å². The van der Waals surface area contributed by atoms with Crippen LogP contribution in [0.5, 0.6) is 0 Å². The van der Waals surface area contributed by atoms with Crippen LogP contribution in [-0.2, 0) is 7.05 Å². The van der Waals surface area contributed by atoms with E-state index in [-0.39, 0.29) is 0 Å². The van der Waals surface area contributed by atoms with E-state index in [1.54, 1.807) is 11.3 Å². The Hall–Kier alpha value is -0.960. The van der Waals surface area contributed by atoms with Crippen LogP contribution >= 0.6 is 11.3 Å². The fourth-order valence-electron chi connectivity index (χ4n) is 1.07. The molecular weight excluding hydrogens is 144 g/mol. The van der Waals surface area contributed by atoms with Gasteiger partial charge < -0.3 is 10.3 Å². The molecule has 2 rings (SSSR count). The van der Waals surface area contributed by atoms with Gasteiger partial charge in [-0.3, -0.25) is 0 Å². The molecular formula is C7H8N2S. The fraction of sp³-hybridized carbons (Fsp3) is 0.143. The van der Waals surface area contributed by atoms with E-state index in [2.05, 4.69) is 11.4 Å². The highest BCUT2D eigenvalue weighted by Crippen LogP contribution is 2.24. The Morgan fingerprint density at radius 3 is 3.10 bits per heavy atom. The number of thiophene rings is 1. The number of aromatic nitrogens is 1. The van der Waals surface area contributed by atoms with Gasteiger partial charge in [0.05, 0.1) is 10.2 Å². The SMILES string of the molecule is Cn1c(N)cc2sccc21. The zero-order valence-electron chi connectivity index (χ0n) is 5.66. The Labute approximate surface area is 62.9 Å². The number of fused-ring (bicyclic) bond motifs is 1. The van der Waals surface area contributed by atoms with Crippen molar-refractivity contribution in [2.75, 3.05) is 5.73 Å². The standard InChI is InChI=1S/C7H8N2S/c1-9-5-2-3-10-6(5)4-7(9)8/h2-4H,8H2,1H3. The molecule has 2 aromatic rings. The van der Waals surface area contributed by atoms with Crippen molar-refractivity contribution < 1.29 is 0 Å². The number of nitrogens with zero attached hydrogens (tertiary/aromatic N) is 1. The molecule has 0 aliphatic carbocycles. The second kappa shape index (κ2) is 1.76. The minimum absolute atomic E-state index is 0.835. The molecule has 2 heterocycles. The third kappa shape index (κ3) is 0.580. The summed E-state index contributed by atoms with van der Waals surface area (Å²) in [7, 11) is 1.98. The van der Waals surface area contributed by atoms with Gasteiger partial charge in [-0.15, -0.1) is 11.3 Å². The molecule has 2 N–H and O–H groups in total. The third-order valence-corrected chi connectivity index (χ3v) is 2.55. The second-order valence-electron chi connectivity index (χ2n) is 2.30. The van der Waals surface area contributed by atoms with Gasteiger partial charge in [0.1, 0.15) is 5.82 Å². The Morgan fingerprint density at radius 1 is 1.60 bits per heavy atom. The molecule has 0 aromatic carbocycles. The van der Waals surface area contributed by atoms with E-state index in [1.807, 2.05) is 17.7 Å². The summed E-state index contributed by atoms with van der Waals surface area (Å²) >= 11 is 1.72. The first-order valence-corrected chi connectivity index (χ1v) is 3.95. The largest absolute Gasteiger partial charge is 0.385 e. The second-order valence-corrected chi connectivity index (χ2v) is 3.25. The van der Waals surface area contributed by atoms with E-state index in [0.717, 1.165) is 5.82 Å². The molecule has 0 bridgehead atoms. The summed E-state index contributed by atoms with van der Waals surface area (Å²) in [6, 6.07) is 4.08. The zero-order chi connectivity index (χ0) is 7.14. The summed E-state index contributed by atoms with van der Waals surface area (Å²) in [5.74, 6) is 0.835. The van der Waals surface area contributed by atoms with Crippen LogP contribution in [-0.4, -0.2) is 4.57 Å². The smallest absolute Gasteiger partial charge is 0.104 e. The lowest BCUT2D eigenvalue weighted by atomic mass is 10.5. The normalized spacial score (nSPS) is 10.9. The van der Waals surface area contributed by atoms with Gasteiger partial charge in [-0.05, 0) is 17.5 Å². The van der Waals surface area contributed by atoms with Crippen molar-refractivity contribution in [3.8, 4) is 0 Å². The number of aryl methyl sites for hydroxylation is 1. The molecule has 0 radical (unpaired) electrons. The Morgan fingerprint density at radius 2 is 2.40 bits per heavy atom. The van der Waals surface area contributed by atoms with E-state index < -0.39 is 0 Å². The number of nitrogens with two attached hydrogens (primary N) is 1. The minimum Gasteiger partial charge on any atom is -0.385 e. The van der Waals surface area contributed by atoms with Crippen LogP contribution in [0.15, 0.2) is 17.5 Å². The van der Waals surface area contributed by atoms with Crippen LogP contribution in [0, 0.1) is 0 Å². The van der Waals surface area contributed by atoms with Crippen molar-refractivity contribution >= 4 is 27.4 Å². The fourth-order valence-corrected chi connectivity index (χ4v) is 1.93. The average Bonchev–Trinajstić information content (AvgIpc) is 2.41.